The molecular formula is C23H25ClN4O2. The zero-order valence-electron chi connectivity index (χ0n) is 17.0. The topological polar surface area (TPSA) is 76.0 Å². The number of nitrogens with zero attached hydrogens (tertiary/aromatic N) is 2. The zero-order valence-corrected chi connectivity index (χ0v) is 17.8. The van der Waals surface area contributed by atoms with E-state index < -0.39 is 6.04 Å². The molecule has 0 unspecified atom stereocenters. The highest BCUT2D eigenvalue weighted by molar-refractivity contribution is 6.30. The number of hydrogen-bond acceptors (Lipinski definition) is 3. The van der Waals surface area contributed by atoms with E-state index in [4.69, 9.17) is 11.6 Å². The van der Waals surface area contributed by atoms with Crippen LogP contribution in [-0.4, -0.2) is 27.4 Å². The third kappa shape index (κ3) is 5.94. The molecule has 2 N–H and O–H groups in total. The number of nitrogens with one attached hydrogen (secondary N) is 2. The number of amides is 2. The summed E-state index contributed by atoms with van der Waals surface area (Å²) in [4.78, 5) is 29.2. The lowest BCUT2D eigenvalue weighted by Crippen LogP contribution is -2.49. The Hall–Kier alpha value is -3.12. The standard InChI is InChI=1S/C23H25ClN4O2/c1-16(2)21(27-22(29)19-7-9-20(24)10-8-19)23(30)26-13-17-3-5-18(6-4-17)14-28-12-11-25-15-28/h3-12,15-16,21H,13-14H2,1-2H3,(H,26,30)(H,27,29)/t21-/m1/s1. The molecule has 0 radical (unpaired) electrons. The maximum atomic E-state index is 12.7. The molecule has 2 amide bonds. The molecule has 0 aliphatic rings. The lowest BCUT2D eigenvalue weighted by atomic mass is 10.0. The van der Waals surface area contributed by atoms with Crippen LogP contribution >= 0.6 is 11.6 Å². The van der Waals surface area contributed by atoms with Gasteiger partial charge in [0.15, 0.2) is 0 Å². The SMILES string of the molecule is CC(C)[C@@H](NC(=O)c1ccc(Cl)cc1)C(=O)NCc1ccc(Cn2ccnc2)cc1. The predicted molar refractivity (Wildman–Crippen MR) is 117 cm³/mol. The van der Waals surface area contributed by atoms with Crippen LogP contribution in [0.1, 0.15) is 35.3 Å². The van der Waals surface area contributed by atoms with Gasteiger partial charge in [-0.25, -0.2) is 4.98 Å². The van der Waals surface area contributed by atoms with Crippen molar-refractivity contribution >= 4 is 23.4 Å². The fourth-order valence-corrected chi connectivity index (χ4v) is 3.14. The predicted octanol–water partition coefficient (Wildman–Crippen LogP) is 3.66. The number of carbonyl (C=O) groups is 2. The molecule has 1 aromatic heterocycles. The third-order valence-corrected chi connectivity index (χ3v) is 5.01. The van der Waals surface area contributed by atoms with E-state index in [1.165, 1.54) is 0 Å². The number of benzene rings is 2. The first-order valence-corrected chi connectivity index (χ1v) is 10.2. The Bertz CT molecular complexity index is 967. The van der Waals surface area contributed by atoms with Gasteiger partial charge < -0.3 is 15.2 Å². The van der Waals surface area contributed by atoms with E-state index in [1.807, 2.05) is 48.9 Å². The van der Waals surface area contributed by atoms with Gasteiger partial charge in [0.25, 0.3) is 5.91 Å². The van der Waals surface area contributed by atoms with Crippen molar-refractivity contribution in [2.45, 2.75) is 33.0 Å². The summed E-state index contributed by atoms with van der Waals surface area (Å²) in [6.07, 6.45) is 5.44. The second kappa shape index (κ2) is 10.1. The van der Waals surface area contributed by atoms with E-state index in [0.29, 0.717) is 17.1 Å². The van der Waals surface area contributed by atoms with Crippen LogP contribution in [0.25, 0.3) is 0 Å². The van der Waals surface area contributed by atoms with E-state index in [-0.39, 0.29) is 17.7 Å². The van der Waals surface area contributed by atoms with Crippen LogP contribution in [0.4, 0.5) is 0 Å². The van der Waals surface area contributed by atoms with E-state index in [2.05, 4.69) is 15.6 Å². The average molecular weight is 425 g/mol. The fourth-order valence-electron chi connectivity index (χ4n) is 3.01. The molecule has 1 atom stereocenters. The normalized spacial score (nSPS) is 11.9. The van der Waals surface area contributed by atoms with Gasteiger partial charge in [-0.3, -0.25) is 9.59 Å². The van der Waals surface area contributed by atoms with Crippen LogP contribution in [0.15, 0.2) is 67.3 Å². The van der Waals surface area contributed by atoms with Crippen LogP contribution in [-0.2, 0) is 17.9 Å². The van der Waals surface area contributed by atoms with E-state index in [1.54, 1.807) is 36.8 Å². The lowest BCUT2D eigenvalue weighted by molar-refractivity contribution is -0.124. The quantitative estimate of drug-likeness (QED) is 0.579. The average Bonchev–Trinajstić information content (AvgIpc) is 3.24. The summed E-state index contributed by atoms with van der Waals surface area (Å²) in [5.41, 5.74) is 2.61. The number of rotatable bonds is 8. The van der Waals surface area contributed by atoms with Crippen LogP contribution in [0.2, 0.25) is 5.02 Å². The first-order valence-electron chi connectivity index (χ1n) is 9.80. The Balaban J connectivity index is 1.55. The molecule has 156 valence electrons. The van der Waals surface area contributed by atoms with Gasteiger partial charge in [0, 0.05) is 36.1 Å². The second-order valence-electron chi connectivity index (χ2n) is 7.47. The summed E-state index contributed by atoms with van der Waals surface area (Å²) in [6.45, 7) is 4.94. The molecule has 30 heavy (non-hydrogen) atoms. The van der Waals surface area contributed by atoms with Crippen LogP contribution in [0.5, 0.6) is 0 Å². The summed E-state index contributed by atoms with van der Waals surface area (Å²) in [5, 5.41) is 6.30. The van der Waals surface area contributed by atoms with Gasteiger partial charge in [0.2, 0.25) is 5.91 Å². The molecule has 3 rings (SSSR count). The Kier molecular flexibility index (Phi) is 7.25. The molecule has 0 bridgehead atoms. The van der Waals surface area contributed by atoms with Gasteiger partial charge in [0.1, 0.15) is 6.04 Å². The minimum atomic E-state index is -0.631. The Labute approximate surface area is 181 Å². The molecule has 0 spiro atoms. The zero-order chi connectivity index (χ0) is 21.5. The summed E-state index contributed by atoms with van der Waals surface area (Å²) in [6, 6.07) is 14.0. The molecule has 0 fully saturated rings. The number of carbonyl (C=O) groups excluding carboxylic acids is 2. The Morgan fingerprint density at radius 1 is 1.03 bits per heavy atom. The van der Waals surface area contributed by atoms with Gasteiger partial charge >= 0.3 is 0 Å². The highest BCUT2D eigenvalue weighted by Crippen LogP contribution is 2.11. The second-order valence-corrected chi connectivity index (χ2v) is 7.91. The monoisotopic (exact) mass is 424 g/mol. The highest BCUT2D eigenvalue weighted by Gasteiger charge is 2.24. The summed E-state index contributed by atoms with van der Waals surface area (Å²) in [7, 11) is 0. The first-order chi connectivity index (χ1) is 14.4. The van der Waals surface area contributed by atoms with Crippen molar-refractivity contribution in [2.75, 3.05) is 0 Å². The largest absolute Gasteiger partial charge is 0.350 e. The number of halogens is 1. The number of hydrogen-bond donors (Lipinski definition) is 2. The van der Waals surface area contributed by atoms with Gasteiger partial charge in [-0.15, -0.1) is 0 Å². The van der Waals surface area contributed by atoms with E-state index >= 15 is 0 Å². The van der Waals surface area contributed by atoms with Gasteiger partial charge in [-0.1, -0.05) is 49.7 Å². The minimum absolute atomic E-state index is 0.0567. The van der Waals surface area contributed by atoms with E-state index in [9.17, 15) is 9.59 Å². The lowest BCUT2D eigenvalue weighted by Gasteiger charge is -2.22. The first kappa shape index (κ1) is 21.6. The molecule has 0 aliphatic carbocycles. The van der Waals surface area contributed by atoms with E-state index in [0.717, 1.165) is 17.7 Å². The van der Waals surface area contributed by atoms with Crippen LogP contribution < -0.4 is 10.6 Å². The Morgan fingerprint density at radius 2 is 1.70 bits per heavy atom. The molecule has 6 nitrogen and oxygen atoms in total. The third-order valence-electron chi connectivity index (χ3n) is 4.76. The highest BCUT2D eigenvalue weighted by atomic mass is 35.5. The smallest absolute Gasteiger partial charge is 0.251 e. The van der Waals surface area contributed by atoms with Crippen LogP contribution in [0, 0.1) is 5.92 Å². The maximum Gasteiger partial charge on any atom is 0.251 e. The van der Waals surface area contributed by atoms with Crippen molar-refractivity contribution in [1.29, 1.82) is 0 Å². The number of imidazole rings is 1. The van der Waals surface area contributed by atoms with Crippen molar-refractivity contribution in [2.24, 2.45) is 5.92 Å². The van der Waals surface area contributed by atoms with Gasteiger partial charge in [-0.05, 0) is 41.3 Å². The van der Waals surface area contributed by atoms with Crippen molar-refractivity contribution in [3.05, 3.63) is 89.0 Å². The molecule has 7 heteroatoms. The summed E-state index contributed by atoms with van der Waals surface area (Å²) >= 11 is 5.87. The van der Waals surface area contributed by atoms with Crippen molar-refractivity contribution in [3.8, 4) is 0 Å². The number of aromatic nitrogens is 2. The summed E-state index contributed by atoms with van der Waals surface area (Å²) < 4.78 is 1.99. The molecule has 3 aromatic rings. The van der Waals surface area contributed by atoms with Gasteiger partial charge in [0.05, 0.1) is 6.33 Å². The fraction of sp³-hybridized carbons (Fsp3) is 0.261. The molecular weight excluding hydrogens is 400 g/mol. The maximum absolute atomic E-state index is 12.7. The molecule has 1 heterocycles. The van der Waals surface area contributed by atoms with Crippen LogP contribution in [0.3, 0.4) is 0 Å². The van der Waals surface area contributed by atoms with Crippen molar-refractivity contribution in [3.63, 3.8) is 0 Å². The molecule has 0 saturated heterocycles. The van der Waals surface area contributed by atoms with Crippen molar-refractivity contribution in [1.82, 2.24) is 20.2 Å². The molecule has 0 aliphatic heterocycles. The molecule has 0 saturated carbocycles. The summed E-state index contributed by atoms with van der Waals surface area (Å²) in [5.74, 6) is -0.571. The molecule has 2 aromatic carbocycles. The van der Waals surface area contributed by atoms with Gasteiger partial charge in [-0.2, -0.15) is 0 Å². The minimum Gasteiger partial charge on any atom is -0.350 e. The van der Waals surface area contributed by atoms with Crippen molar-refractivity contribution < 1.29 is 9.59 Å². The Morgan fingerprint density at radius 3 is 2.30 bits per heavy atom.